The normalized spacial score (nSPS) is 15.5. The van der Waals surface area contributed by atoms with E-state index in [4.69, 9.17) is 9.47 Å². The summed E-state index contributed by atoms with van der Waals surface area (Å²) in [6.45, 7) is 8.05. The third kappa shape index (κ3) is 4.19. The molecule has 0 amide bonds. The van der Waals surface area contributed by atoms with Crippen LogP contribution in [0.2, 0.25) is 0 Å². The molecule has 1 aliphatic rings. The van der Waals surface area contributed by atoms with E-state index in [1.165, 1.54) is 0 Å². The number of aryl methyl sites for hydroxylation is 1. The van der Waals surface area contributed by atoms with E-state index in [1.54, 1.807) is 48.5 Å². The summed E-state index contributed by atoms with van der Waals surface area (Å²) in [7, 11) is -3.67. The largest absolute Gasteiger partial charge is 0.490 e. The Kier molecular flexibility index (Phi) is 4.96. The molecule has 0 unspecified atom stereocenters. The molecule has 26 heavy (non-hydrogen) atoms. The van der Waals surface area contributed by atoms with Gasteiger partial charge in [0, 0.05) is 5.69 Å². The van der Waals surface area contributed by atoms with Crippen molar-refractivity contribution in [3.05, 3.63) is 60.7 Å². The topological polar surface area (TPSA) is 64.6 Å². The van der Waals surface area contributed by atoms with Crippen LogP contribution in [0.5, 0.6) is 11.5 Å². The van der Waals surface area contributed by atoms with Gasteiger partial charge < -0.3 is 9.47 Å². The molecule has 0 saturated heterocycles. The molecule has 0 aromatic heterocycles. The molecule has 1 N–H and O–H groups in total. The van der Waals surface area contributed by atoms with Crippen LogP contribution in [-0.4, -0.2) is 20.6 Å². The van der Waals surface area contributed by atoms with Crippen LogP contribution >= 0.6 is 0 Å². The second kappa shape index (κ2) is 7.03. The Hall–Kier alpha value is -2.47. The zero-order valence-corrected chi connectivity index (χ0v) is 15.8. The van der Waals surface area contributed by atoms with Crippen LogP contribution in [0.3, 0.4) is 0 Å². The van der Waals surface area contributed by atoms with Gasteiger partial charge in [0.15, 0.2) is 0 Å². The summed E-state index contributed by atoms with van der Waals surface area (Å²) in [6, 6.07) is 11.8. The van der Waals surface area contributed by atoms with Crippen LogP contribution < -0.4 is 14.2 Å². The highest BCUT2D eigenvalue weighted by molar-refractivity contribution is 7.92. The van der Waals surface area contributed by atoms with E-state index in [1.807, 2.05) is 13.8 Å². The fourth-order valence-corrected chi connectivity index (χ4v) is 3.90. The molecule has 3 rings (SSSR count). The minimum Gasteiger partial charge on any atom is -0.490 e. The number of rotatable bonds is 6. The number of ether oxygens (including phenoxy) is 2. The van der Waals surface area contributed by atoms with Gasteiger partial charge in [0.2, 0.25) is 0 Å². The van der Waals surface area contributed by atoms with Crippen molar-refractivity contribution in [2.24, 2.45) is 0 Å². The Labute approximate surface area is 154 Å². The number of hydrogen-bond donors (Lipinski definition) is 1. The second-order valence-corrected chi connectivity index (χ2v) is 8.54. The zero-order chi connectivity index (χ0) is 18.8. The Balaban J connectivity index is 1.77. The van der Waals surface area contributed by atoms with Crippen molar-refractivity contribution in [2.45, 2.75) is 37.2 Å². The molecule has 2 aromatic rings. The van der Waals surface area contributed by atoms with Gasteiger partial charge in [0.1, 0.15) is 23.7 Å². The van der Waals surface area contributed by atoms with E-state index >= 15 is 0 Å². The lowest BCUT2D eigenvalue weighted by Gasteiger charge is -2.32. The Morgan fingerprint density at radius 2 is 1.96 bits per heavy atom. The van der Waals surface area contributed by atoms with Crippen LogP contribution in [0, 0.1) is 0 Å². The fraction of sp³-hybridized carbons (Fsp3) is 0.300. The monoisotopic (exact) mass is 373 g/mol. The molecule has 6 heteroatoms. The van der Waals surface area contributed by atoms with Crippen molar-refractivity contribution in [3.8, 4) is 11.5 Å². The summed E-state index contributed by atoms with van der Waals surface area (Å²) in [4.78, 5) is 0.228. The summed E-state index contributed by atoms with van der Waals surface area (Å²) in [6.07, 6.45) is 3.29. The van der Waals surface area contributed by atoms with Gasteiger partial charge in [0.25, 0.3) is 10.0 Å². The first-order valence-electron chi connectivity index (χ1n) is 8.48. The molecule has 0 bridgehead atoms. The summed E-state index contributed by atoms with van der Waals surface area (Å²) < 4.78 is 39.3. The molecule has 1 aliphatic heterocycles. The number of fused-ring (bicyclic) bond motifs is 1. The predicted octanol–water partition coefficient (Wildman–Crippen LogP) is 4.16. The maximum absolute atomic E-state index is 12.7. The number of anilines is 1. The molecule has 0 saturated carbocycles. The Morgan fingerprint density at radius 3 is 2.65 bits per heavy atom. The van der Waals surface area contributed by atoms with Crippen molar-refractivity contribution >= 4 is 15.7 Å². The minimum absolute atomic E-state index is 0.221. The van der Waals surface area contributed by atoms with E-state index in [2.05, 4.69) is 11.3 Å². The van der Waals surface area contributed by atoms with Gasteiger partial charge in [-0.05, 0) is 74.7 Å². The van der Waals surface area contributed by atoms with Gasteiger partial charge in [-0.15, -0.1) is 0 Å². The van der Waals surface area contributed by atoms with Crippen LogP contribution in [0.4, 0.5) is 5.69 Å². The van der Waals surface area contributed by atoms with Gasteiger partial charge in [0.05, 0.1) is 4.90 Å². The van der Waals surface area contributed by atoms with Crippen molar-refractivity contribution in [3.63, 3.8) is 0 Å². The minimum atomic E-state index is -3.67. The van der Waals surface area contributed by atoms with Crippen molar-refractivity contribution in [1.29, 1.82) is 0 Å². The SMILES string of the molecule is C=CCOc1ccc(NS(=O)(=O)c2ccc3c(c2)CCC(C)(C)O3)cc1. The van der Waals surface area contributed by atoms with Crippen LogP contribution in [0.15, 0.2) is 60.0 Å². The van der Waals surface area contributed by atoms with E-state index < -0.39 is 10.0 Å². The molecule has 1 heterocycles. The number of sulfonamides is 1. The Bertz CT molecular complexity index is 902. The van der Waals surface area contributed by atoms with E-state index in [0.29, 0.717) is 18.0 Å². The summed E-state index contributed by atoms with van der Waals surface area (Å²) in [5.41, 5.74) is 1.17. The average molecular weight is 373 g/mol. The van der Waals surface area contributed by atoms with E-state index in [0.717, 1.165) is 24.2 Å². The zero-order valence-electron chi connectivity index (χ0n) is 15.0. The summed E-state index contributed by atoms with van der Waals surface area (Å²) in [5, 5.41) is 0. The van der Waals surface area contributed by atoms with Gasteiger partial charge in [-0.3, -0.25) is 4.72 Å². The molecule has 0 atom stereocenters. The first kappa shape index (κ1) is 18.3. The number of benzene rings is 2. The first-order valence-corrected chi connectivity index (χ1v) is 9.96. The molecule has 2 aromatic carbocycles. The van der Waals surface area contributed by atoms with Crippen molar-refractivity contribution in [1.82, 2.24) is 0 Å². The lowest BCUT2D eigenvalue weighted by molar-refractivity contribution is 0.0845. The van der Waals surface area contributed by atoms with E-state index in [-0.39, 0.29) is 10.5 Å². The van der Waals surface area contributed by atoms with Crippen molar-refractivity contribution < 1.29 is 17.9 Å². The van der Waals surface area contributed by atoms with Gasteiger partial charge in [-0.25, -0.2) is 8.42 Å². The van der Waals surface area contributed by atoms with E-state index in [9.17, 15) is 8.42 Å². The molecule has 5 nitrogen and oxygen atoms in total. The molecular formula is C20H23NO4S. The Morgan fingerprint density at radius 1 is 1.23 bits per heavy atom. The number of nitrogens with one attached hydrogen (secondary N) is 1. The molecule has 138 valence electrons. The van der Waals surface area contributed by atoms with Crippen molar-refractivity contribution in [2.75, 3.05) is 11.3 Å². The highest BCUT2D eigenvalue weighted by Crippen LogP contribution is 2.34. The fourth-order valence-electron chi connectivity index (χ4n) is 2.79. The van der Waals surface area contributed by atoms with Crippen LogP contribution in [0.25, 0.3) is 0 Å². The van der Waals surface area contributed by atoms with Crippen LogP contribution in [-0.2, 0) is 16.4 Å². The van der Waals surface area contributed by atoms with Gasteiger partial charge >= 0.3 is 0 Å². The van der Waals surface area contributed by atoms with Gasteiger partial charge in [-0.2, -0.15) is 0 Å². The molecule has 0 aliphatic carbocycles. The molecular weight excluding hydrogens is 350 g/mol. The maximum atomic E-state index is 12.7. The highest BCUT2D eigenvalue weighted by Gasteiger charge is 2.27. The molecule has 0 spiro atoms. The molecule has 0 fully saturated rings. The number of hydrogen-bond acceptors (Lipinski definition) is 4. The van der Waals surface area contributed by atoms with Crippen LogP contribution in [0.1, 0.15) is 25.8 Å². The smallest absolute Gasteiger partial charge is 0.261 e. The lowest BCUT2D eigenvalue weighted by Crippen LogP contribution is -2.32. The lowest BCUT2D eigenvalue weighted by atomic mass is 9.94. The third-order valence-electron chi connectivity index (χ3n) is 4.20. The first-order chi connectivity index (χ1) is 12.3. The predicted molar refractivity (Wildman–Crippen MR) is 102 cm³/mol. The summed E-state index contributed by atoms with van der Waals surface area (Å²) in [5.74, 6) is 1.41. The highest BCUT2D eigenvalue weighted by atomic mass is 32.2. The average Bonchev–Trinajstić information content (AvgIpc) is 2.59. The second-order valence-electron chi connectivity index (χ2n) is 6.86. The van der Waals surface area contributed by atoms with Gasteiger partial charge in [-0.1, -0.05) is 12.7 Å². The quantitative estimate of drug-likeness (QED) is 0.773. The maximum Gasteiger partial charge on any atom is 0.261 e. The molecule has 0 radical (unpaired) electrons. The standard InChI is InChI=1S/C20H23NO4S/c1-4-13-24-17-7-5-16(6-8-17)21-26(22,23)18-9-10-19-15(14-18)11-12-20(2,3)25-19/h4-10,14,21H,1,11-13H2,2-3H3. The summed E-state index contributed by atoms with van der Waals surface area (Å²) >= 11 is 0. The third-order valence-corrected chi connectivity index (χ3v) is 5.58.